The Morgan fingerprint density at radius 2 is 1.95 bits per heavy atom. The average Bonchev–Trinajstić information content (AvgIpc) is 2.72. The van der Waals surface area contributed by atoms with E-state index in [2.05, 4.69) is 40.8 Å². The minimum Gasteiger partial charge on any atom is -0.365 e. The fourth-order valence-electron chi connectivity index (χ4n) is 2.17. The zero-order chi connectivity index (χ0) is 14.5. The molecular weight excluding hydrogens is 250 g/mol. The molecule has 0 bridgehead atoms. The van der Waals surface area contributed by atoms with Gasteiger partial charge in [-0.05, 0) is 31.0 Å². The van der Waals surface area contributed by atoms with E-state index >= 15 is 0 Å². The molecule has 3 N–H and O–H groups in total. The van der Waals surface area contributed by atoms with Crippen LogP contribution in [0.15, 0.2) is 24.3 Å². The highest BCUT2D eigenvalue weighted by Crippen LogP contribution is 2.18. The van der Waals surface area contributed by atoms with Gasteiger partial charge in [0.1, 0.15) is 17.5 Å². The van der Waals surface area contributed by atoms with E-state index in [1.165, 1.54) is 5.56 Å². The molecule has 2 rings (SSSR count). The molecule has 0 unspecified atom stereocenters. The lowest BCUT2D eigenvalue weighted by Crippen LogP contribution is -2.06. The minimum atomic E-state index is 0.604. The van der Waals surface area contributed by atoms with Crippen molar-refractivity contribution in [3.63, 3.8) is 0 Å². The van der Waals surface area contributed by atoms with Gasteiger partial charge in [-0.1, -0.05) is 24.3 Å². The van der Waals surface area contributed by atoms with E-state index in [9.17, 15) is 0 Å². The van der Waals surface area contributed by atoms with Gasteiger partial charge in [-0.3, -0.25) is 4.68 Å². The number of anilines is 1. The largest absolute Gasteiger partial charge is 0.365 e. The van der Waals surface area contributed by atoms with Crippen molar-refractivity contribution in [1.29, 1.82) is 5.26 Å². The summed E-state index contributed by atoms with van der Waals surface area (Å²) in [6.07, 6.45) is 0.896. The molecule has 0 fully saturated rings. The Hall–Kier alpha value is -2.32. The molecule has 1 aromatic heterocycles. The van der Waals surface area contributed by atoms with Gasteiger partial charge in [0.05, 0.1) is 5.69 Å². The van der Waals surface area contributed by atoms with Crippen LogP contribution in [-0.2, 0) is 20.0 Å². The quantitative estimate of drug-likeness (QED) is 0.866. The van der Waals surface area contributed by atoms with Crippen LogP contribution in [-0.4, -0.2) is 16.3 Å². The van der Waals surface area contributed by atoms with E-state index < -0.39 is 0 Å². The van der Waals surface area contributed by atoms with Gasteiger partial charge in [-0.15, -0.1) is 0 Å². The van der Waals surface area contributed by atoms with E-state index in [1.807, 2.05) is 14.0 Å². The first kappa shape index (κ1) is 14.1. The molecule has 1 heterocycles. The first-order chi connectivity index (χ1) is 9.65. The molecule has 0 saturated carbocycles. The smallest absolute Gasteiger partial charge is 0.142 e. The molecule has 2 aromatic rings. The summed E-state index contributed by atoms with van der Waals surface area (Å²) in [5, 5.41) is 16.7. The first-order valence-electron chi connectivity index (χ1n) is 6.61. The summed E-state index contributed by atoms with van der Waals surface area (Å²) >= 11 is 0. The molecule has 5 nitrogen and oxygen atoms in total. The highest BCUT2D eigenvalue weighted by Gasteiger charge is 2.11. The lowest BCUT2D eigenvalue weighted by molar-refractivity contribution is 0.758. The van der Waals surface area contributed by atoms with E-state index in [4.69, 9.17) is 11.0 Å². The molecule has 0 amide bonds. The predicted molar refractivity (Wildman–Crippen MR) is 79.2 cm³/mol. The van der Waals surface area contributed by atoms with Gasteiger partial charge in [0.15, 0.2) is 0 Å². The van der Waals surface area contributed by atoms with Gasteiger partial charge in [0, 0.05) is 13.6 Å². The summed E-state index contributed by atoms with van der Waals surface area (Å²) in [7, 11) is 1.83. The van der Waals surface area contributed by atoms with Crippen molar-refractivity contribution in [2.24, 2.45) is 12.8 Å². The highest BCUT2D eigenvalue weighted by atomic mass is 15.3. The summed E-state index contributed by atoms with van der Waals surface area (Å²) < 4.78 is 1.71. The highest BCUT2D eigenvalue weighted by molar-refractivity contribution is 5.55. The number of aryl methyl sites for hydroxylation is 2. The standard InChI is InChI=1S/C15H19N5/c1-11-14(9-17)15(20(2)19-11)18-10-13-5-3-12(4-6-13)7-8-16/h3-6,18H,7-8,10,16H2,1-2H3. The molecule has 0 aliphatic heterocycles. The maximum atomic E-state index is 9.15. The maximum Gasteiger partial charge on any atom is 0.142 e. The maximum absolute atomic E-state index is 9.15. The molecule has 0 atom stereocenters. The summed E-state index contributed by atoms with van der Waals surface area (Å²) in [6, 6.07) is 10.5. The molecule has 104 valence electrons. The normalized spacial score (nSPS) is 10.3. The zero-order valence-electron chi connectivity index (χ0n) is 11.8. The number of nitrogens with one attached hydrogen (secondary N) is 1. The van der Waals surface area contributed by atoms with Gasteiger partial charge in [-0.2, -0.15) is 10.4 Å². The van der Waals surface area contributed by atoms with Crippen molar-refractivity contribution in [3.05, 3.63) is 46.6 Å². The Balaban J connectivity index is 2.07. The number of benzene rings is 1. The third-order valence-corrected chi connectivity index (χ3v) is 3.25. The SMILES string of the molecule is Cc1nn(C)c(NCc2ccc(CCN)cc2)c1C#N. The van der Waals surface area contributed by atoms with Crippen molar-refractivity contribution < 1.29 is 0 Å². The van der Waals surface area contributed by atoms with Crippen LogP contribution in [0.3, 0.4) is 0 Å². The van der Waals surface area contributed by atoms with Gasteiger partial charge < -0.3 is 11.1 Å². The molecule has 0 saturated heterocycles. The topological polar surface area (TPSA) is 79.7 Å². The van der Waals surface area contributed by atoms with Crippen LogP contribution in [0, 0.1) is 18.3 Å². The monoisotopic (exact) mass is 269 g/mol. The molecule has 0 aliphatic rings. The van der Waals surface area contributed by atoms with Crippen molar-refractivity contribution in [2.75, 3.05) is 11.9 Å². The van der Waals surface area contributed by atoms with Gasteiger partial charge in [0.2, 0.25) is 0 Å². The lowest BCUT2D eigenvalue weighted by atomic mass is 10.1. The van der Waals surface area contributed by atoms with Crippen LogP contribution < -0.4 is 11.1 Å². The number of nitriles is 1. The summed E-state index contributed by atoms with van der Waals surface area (Å²) in [6.45, 7) is 3.17. The summed E-state index contributed by atoms with van der Waals surface area (Å²) in [4.78, 5) is 0. The summed E-state index contributed by atoms with van der Waals surface area (Å²) in [5.41, 5.74) is 9.28. The van der Waals surface area contributed by atoms with Crippen molar-refractivity contribution >= 4 is 5.82 Å². The number of nitrogens with two attached hydrogens (primary N) is 1. The fraction of sp³-hybridized carbons (Fsp3) is 0.333. The van der Waals surface area contributed by atoms with Crippen LogP contribution in [0.2, 0.25) is 0 Å². The molecular formula is C15H19N5. The van der Waals surface area contributed by atoms with E-state index in [-0.39, 0.29) is 0 Å². The Morgan fingerprint density at radius 3 is 2.55 bits per heavy atom. The third kappa shape index (κ3) is 2.98. The lowest BCUT2D eigenvalue weighted by Gasteiger charge is -2.08. The molecule has 1 aromatic carbocycles. The molecule has 5 heteroatoms. The van der Waals surface area contributed by atoms with E-state index in [0.717, 1.165) is 23.5 Å². The Bertz CT molecular complexity index is 619. The first-order valence-corrected chi connectivity index (χ1v) is 6.61. The van der Waals surface area contributed by atoms with E-state index in [1.54, 1.807) is 4.68 Å². The van der Waals surface area contributed by atoms with Crippen LogP contribution in [0.25, 0.3) is 0 Å². The van der Waals surface area contributed by atoms with E-state index in [0.29, 0.717) is 18.7 Å². The second kappa shape index (κ2) is 6.22. The van der Waals surface area contributed by atoms with Crippen molar-refractivity contribution in [2.45, 2.75) is 19.9 Å². The van der Waals surface area contributed by atoms with Gasteiger partial charge >= 0.3 is 0 Å². The predicted octanol–water partition coefficient (Wildman–Crippen LogP) is 1.71. The number of hydrogen-bond acceptors (Lipinski definition) is 4. The average molecular weight is 269 g/mol. The van der Waals surface area contributed by atoms with Crippen LogP contribution in [0.5, 0.6) is 0 Å². The summed E-state index contributed by atoms with van der Waals surface area (Å²) in [5.74, 6) is 0.760. The zero-order valence-corrected chi connectivity index (χ0v) is 11.8. The second-order valence-corrected chi connectivity index (χ2v) is 4.75. The van der Waals surface area contributed by atoms with Crippen LogP contribution in [0.4, 0.5) is 5.82 Å². The molecule has 0 spiro atoms. The van der Waals surface area contributed by atoms with Gasteiger partial charge in [0.25, 0.3) is 0 Å². The third-order valence-electron chi connectivity index (χ3n) is 3.25. The van der Waals surface area contributed by atoms with Crippen LogP contribution >= 0.6 is 0 Å². The van der Waals surface area contributed by atoms with Crippen LogP contribution in [0.1, 0.15) is 22.4 Å². The number of aromatic nitrogens is 2. The Morgan fingerprint density at radius 1 is 1.30 bits per heavy atom. The van der Waals surface area contributed by atoms with Gasteiger partial charge in [-0.25, -0.2) is 0 Å². The fourth-order valence-corrected chi connectivity index (χ4v) is 2.17. The number of rotatable bonds is 5. The van der Waals surface area contributed by atoms with Crippen molar-refractivity contribution in [3.8, 4) is 6.07 Å². The van der Waals surface area contributed by atoms with Crippen molar-refractivity contribution in [1.82, 2.24) is 9.78 Å². The molecule has 0 radical (unpaired) electrons. The Labute approximate surface area is 119 Å². The number of nitrogens with zero attached hydrogens (tertiary/aromatic N) is 3. The Kier molecular flexibility index (Phi) is 4.38. The number of hydrogen-bond donors (Lipinski definition) is 2. The molecule has 0 aliphatic carbocycles. The minimum absolute atomic E-state index is 0.604. The molecule has 20 heavy (non-hydrogen) atoms. The second-order valence-electron chi connectivity index (χ2n) is 4.75.